The first kappa shape index (κ1) is 11.8. The van der Waals surface area contributed by atoms with Crippen molar-refractivity contribution in [3.05, 3.63) is 0 Å². The Labute approximate surface area is 81.4 Å². The first-order valence-corrected chi connectivity index (χ1v) is 4.33. The summed E-state index contributed by atoms with van der Waals surface area (Å²) in [6.07, 6.45) is -4.13. The third-order valence-corrected chi connectivity index (χ3v) is 2.78. The van der Waals surface area contributed by atoms with Crippen LogP contribution in [-0.2, 0) is 4.74 Å². The fourth-order valence-corrected chi connectivity index (χ4v) is 1.44. The van der Waals surface area contributed by atoms with Crippen LogP contribution in [0.3, 0.4) is 0 Å². The molecule has 0 aromatic carbocycles. The first-order chi connectivity index (χ1) is 6.24. The van der Waals surface area contributed by atoms with Crippen molar-refractivity contribution in [1.29, 1.82) is 0 Å². The summed E-state index contributed by atoms with van der Waals surface area (Å²) in [6, 6.07) is 0. The lowest BCUT2D eigenvalue weighted by Crippen LogP contribution is -2.70. The van der Waals surface area contributed by atoms with Gasteiger partial charge in [0, 0.05) is 0 Å². The normalized spacial score (nSPS) is 54.6. The zero-order valence-electron chi connectivity index (χ0n) is 8.08. The molecule has 0 aromatic rings. The highest BCUT2D eigenvalue weighted by molar-refractivity contribution is 5.02. The first-order valence-electron chi connectivity index (χ1n) is 4.33. The Morgan fingerprint density at radius 3 is 2.14 bits per heavy atom. The van der Waals surface area contributed by atoms with Gasteiger partial charge in [0.05, 0.1) is 6.61 Å². The summed E-state index contributed by atoms with van der Waals surface area (Å²) < 4.78 is 4.87. The van der Waals surface area contributed by atoms with Gasteiger partial charge in [-0.3, -0.25) is 0 Å². The van der Waals surface area contributed by atoms with Gasteiger partial charge >= 0.3 is 0 Å². The van der Waals surface area contributed by atoms with E-state index in [1.165, 1.54) is 0 Å². The average molecular weight is 208 g/mol. The molecule has 5 atom stereocenters. The number of hydrogen-bond acceptors (Lipinski definition) is 6. The van der Waals surface area contributed by atoms with Gasteiger partial charge in [-0.15, -0.1) is 0 Å². The van der Waals surface area contributed by atoms with Crippen molar-refractivity contribution in [1.82, 2.24) is 0 Å². The Hall–Kier alpha value is -0.240. The fraction of sp³-hybridized carbons (Fsp3) is 1.00. The molecule has 0 radical (unpaired) electrons. The van der Waals surface area contributed by atoms with Crippen molar-refractivity contribution < 1.29 is 30.3 Å². The van der Waals surface area contributed by atoms with Crippen LogP contribution in [0.1, 0.15) is 13.8 Å². The summed E-state index contributed by atoms with van der Waals surface area (Å²) in [4.78, 5) is 0. The molecule has 1 aliphatic rings. The van der Waals surface area contributed by atoms with Gasteiger partial charge in [0.15, 0.2) is 5.79 Å². The van der Waals surface area contributed by atoms with E-state index in [4.69, 9.17) is 9.84 Å². The average Bonchev–Trinajstić information content (AvgIpc) is 2.09. The Morgan fingerprint density at radius 2 is 1.71 bits per heavy atom. The molecule has 0 spiro atoms. The number of aliphatic hydroxyl groups excluding tert-OH is 3. The molecular weight excluding hydrogens is 192 g/mol. The van der Waals surface area contributed by atoms with Gasteiger partial charge in [-0.25, -0.2) is 0 Å². The molecule has 0 unspecified atom stereocenters. The Bertz CT molecular complexity index is 214. The smallest absolute Gasteiger partial charge is 0.194 e. The second-order valence-electron chi connectivity index (χ2n) is 3.90. The van der Waals surface area contributed by atoms with Crippen LogP contribution in [0, 0.1) is 0 Å². The van der Waals surface area contributed by atoms with Crippen LogP contribution in [0.2, 0.25) is 0 Å². The van der Waals surface area contributed by atoms with E-state index in [-0.39, 0.29) is 0 Å². The molecule has 1 fully saturated rings. The second kappa shape index (κ2) is 3.41. The zero-order valence-corrected chi connectivity index (χ0v) is 8.08. The summed E-state index contributed by atoms with van der Waals surface area (Å²) in [5.41, 5.74) is -1.99. The standard InChI is InChI=1S/C8H16O6/c1-7(12)6(11)5(10)4(3-9)14-8(7,2)13/h4-6,9-13H,3H2,1-2H3/t4-,5-,6+,7+,8+/m1/s1. The SMILES string of the molecule is C[C@]1(O)O[C@H](CO)[C@@H](O)[C@H](O)[C@]1(C)O. The minimum atomic E-state index is -2.01. The minimum absolute atomic E-state index is 0.551. The Balaban J connectivity index is 2.95. The molecule has 0 bridgehead atoms. The van der Waals surface area contributed by atoms with E-state index >= 15 is 0 Å². The number of rotatable bonds is 1. The maximum atomic E-state index is 9.69. The lowest BCUT2D eigenvalue weighted by molar-refractivity contribution is -0.376. The third kappa shape index (κ3) is 1.54. The molecule has 84 valence electrons. The van der Waals surface area contributed by atoms with Crippen molar-refractivity contribution in [2.24, 2.45) is 0 Å². The molecule has 1 saturated heterocycles. The second-order valence-corrected chi connectivity index (χ2v) is 3.90. The largest absolute Gasteiger partial charge is 0.394 e. The van der Waals surface area contributed by atoms with Crippen molar-refractivity contribution in [3.8, 4) is 0 Å². The molecule has 6 nitrogen and oxygen atoms in total. The van der Waals surface area contributed by atoms with Gasteiger partial charge in [0.2, 0.25) is 0 Å². The number of ether oxygens (including phenoxy) is 1. The lowest BCUT2D eigenvalue weighted by Gasteiger charge is -2.49. The van der Waals surface area contributed by atoms with Crippen LogP contribution >= 0.6 is 0 Å². The summed E-state index contributed by atoms with van der Waals surface area (Å²) in [7, 11) is 0. The van der Waals surface area contributed by atoms with Gasteiger partial charge in [-0.2, -0.15) is 0 Å². The maximum absolute atomic E-state index is 9.69. The van der Waals surface area contributed by atoms with E-state index in [1.54, 1.807) is 0 Å². The predicted octanol–water partition coefficient (Wildman–Crippen LogP) is -2.44. The minimum Gasteiger partial charge on any atom is -0.394 e. The van der Waals surface area contributed by atoms with E-state index < -0.39 is 36.3 Å². The summed E-state index contributed by atoms with van der Waals surface area (Å²) in [5.74, 6) is -2.01. The predicted molar refractivity (Wildman–Crippen MR) is 45.2 cm³/mol. The van der Waals surface area contributed by atoms with E-state index in [0.29, 0.717) is 0 Å². The molecule has 14 heavy (non-hydrogen) atoms. The topological polar surface area (TPSA) is 110 Å². The molecule has 1 aliphatic heterocycles. The van der Waals surface area contributed by atoms with Gasteiger partial charge < -0.3 is 30.3 Å². The highest BCUT2D eigenvalue weighted by atomic mass is 16.7. The van der Waals surface area contributed by atoms with Crippen molar-refractivity contribution in [2.45, 2.75) is 43.5 Å². The maximum Gasteiger partial charge on any atom is 0.194 e. The molecule has 5 N–H and O–H groups in total. The van der Waals surface area contributed by atoms with Gasteiger partial charge in [-0.1, -0.05) is 0 Å². The molecule has 0 amide bonds. The lowest BCUT2D eigenvalue weighted by atomic mass is 9.82. The van der Waals surface area contributed by atoms with Crippen molar-refractivity contribution >= 4 is 0 Å². The van der Waals surface area contributed by atoms with Gasteiger partial charge in [0.1, 0.15) is 23.9 Å². The highest BCUT2D eigenvalue weighted by Crippen LogP contribution is 2.35. The Kier molecular flexibility index (Phi) is 2.88. The molecule has 0 aromatic heterocycles. The van der Waals surface area contributed by atoms with E-state index in [0.717, 1.165) is 13.8 Å². The van der Waals surface area contributed by atoms with Crippen LogP contribution < -0.4 is 0 Å². The van der Waals surface area contributed by atoms with Gasteiger partial charge in [-0.05, 0) is 13.8 Å². The van der Waals surface area contributed by atoms with Crippen LogP contribution in [-0.4, -0.2) is 61.8 Å². The van der Waals surface area contributed by atoms with Crippen LogP contribution in [0.15, 0.2) is 0 Å². The molecule has 0 aliphatic carbocycles. The molecule has 1 heterocycles. The zero-order chi connectivity index (χ0) is 11.1. The van der Waals surface area contributed by atoms with E-state index in [1.807, 2.05) is 0 Å². The highest BCUT2D eigenvalue weighted by Gasteiger charge is 2.58. The molecule has 0 saturated carbocycles. The van der Waals surface area contributed by atoms with Crippen molar-refractivity contribution in [2.75, 3.05) is 6.61 Å². The number of aliphatic hydroxyl groups is 5. The number of hydrogen-bond donors (Lipinski definition) is 5. The molecular formula is C8H16O6. The summed E-state index contributed by atoms with van der Waals surface area (Å²) in [6.45, 7) is 1.75. The van der Waals surface area contributed by atoms with E-state index in [9.17, 15) is 20.4 Å². The van der Waals surface area contributed by atoms with Crippen LogP contribution in [0.25, 0.3) is 0 Å². The summed E-state index contributed by atoms with van der Waals surface area (Å²) in [5, 5.41) is 47.0. The fourth-order valence-electron chi connectivity index (χ4n) is 1.44. The molecule has 6 heteroatoms. The molecule has 1 rings (SSSR count). The van der Waals surface area contributed by atoms with E-state index in [2.05, 4.69) is 0 Å². The summed E-state index contributed by atoms with van der Waals surface area (Å²) >= 11 is 0. The van der Waals surface area contributed by atoms with Crippen LogP contribution in [0.4, 0.5) is 0 Å². The third-order valence-electron chi connectivity index (χ3n) is 2.78. The van der Waals surface area contributed by atoms with Gasteiger partial charge in [0.25, 0.3) is 0 Å². The quantitative estimate of drug-likeness (QED) is 0.327. The monoisotopic (exact) mass is 208 g/mol. The van der Waals surface area contributed by atoms with Crippen molar-refractivity contribution in [3.63, 3.8) is 0 Å². The Morgan fingerprint density at radius 1 is 1.21 bits per heavy atom. The van der Waals surface area contributed by atoms with Crippen LogP contribution in [0.5, 0.6) is 0 Å².